The highest BCUT2D eigenvalue weighted by Gasteiger charge is 2.42. The van der Waals surface area contributed by atoms with Crippen LogP contribution in [-0.2, 0) is 24.2 Å². The number of H-pyrrole nitrogens is 1. The number of aliphatic hydroxyl groups is 1. The van der Waals surface area contributed by atoms with Gasteiger partial charge in [-0.15, -0.1) is 11.8 Å². The van der Waals surface area contributed by atoms with Crippen LogP contribution in [0.5, 0.6) is 5.75 Å². The van der Waals surface area contributed by atoms with Gasteiger partial charge in [0, 0.05) is 42.2 Å². The van der Waals surface area contributed by atoms with Crippen LogP contribution in [0.4, 0.5) is 4.39 Å². The van der Waals surface area contributed by atoms with Crippen LogP contribution in [-0.4, -0.2) is 75.4 Å². The zero-order valence-corrected chi connectivity index (χ0v) is 28.0. The molecule has 2 saturated heterocycles. The number of phenols is 1. The number of piperidine rings is 2. The summed E-state index contributed by atoms with van der Waals surface area (Å²) < 4.78 is 16.2. The molecule has 1 amide bonds. The van der Waals surface area contributed by atoms with Gasteiger partial charge in [-0.3, -0.25) is 14.5 Å². The average Bonchev–Trinajstić information content (AvgIpc) is 3.70. The van der Waals surface area contributed by atoms with Gasteiger partial charge in [0.2, 0.25) is 5.91 Å². The summed E-state index contributed by atoms with van der Waals surface area (Å²) >= 11 is 2.67. The Morgan fingerprint density at radius 2 is 1.87 bits per heavy atom. The minimum absolute atomic E-state index is 0.0124. The normalized spacial score (nSPS) is 20.1. The van der Waals surface area contributed by atoms with Crippen LogP contribution >= 0.6 is 23.1 Å². The summed E-state index contributed by atoms with van der Waals surface area (Å²) in [5.74, 6) is 0.0868. The number of aromatic nitrogens is 1. The first-order valence-corrected chi connectivity index (χ1v) is 18.2. The van der Waals surface area contributed by atoms with Crippen LogP contribution in [0.15, 0.2) is 64.3 Å². The molecule has 0 radical (unpaired) electrons. The maximum atomic E-state index is 15.6. The highest BCUT2D eigenvalue weighted by molar-refractivity contribution is 8.01. The molecule has 1 spiro atoms. The van der Waals surface area contributed by atoms with Crippen molar-refractivity contribution in [1.82, 2.24) is 20.1 Å². The van der Waals surface area contributed by atoms with Crippen LogP contribution in [0.2, 0.25) is 0 Å². The third-order valence-corrected chi connectivity index (χ3v) is 12.5. The molecule has 0 aliphatic carbocycles. The lowest BCUT2D eigenvalue weighted by Gasteiger charge is -2.48. The molecule has 3 aliphatic heterocycles. The summed E-state index contributed by atoms with van der Waals surface area (Å²) in [5, 5.41) is 24.0. The van der Waals surface area contributed by atoms with E-state index in [1.165, 1.54) is 16.5 Å². The van der Waals surface area contributed by atoms with Crippen LogP contribution in [0, 0.1) is 11.2 Å². The molecule has 4 N–H and O–H groups in total. The van der Waals surface area contributed by atoms with Crippen LogP contribution in [0.1, 0.15) is 54.0 Å². The Labute approximate surface area is 282 Å². The maximum Gasteiger partial charge on any atom is 0.305 e. The number of benzene rings is 3. The molecule has 1 unspecified atom stereocenters. The Balaban J connectivity index is 0.892. The van der Waals surface area contributed by atoms with Gasteiger partial charge in [-0.2, -0.15) is 0 Å². The molecule has 4 heterocycles. The largest absolute Gasteiger partial charge is 0.506 e. The van der Waals surface area contributed by atoms with Crippen molar-refractivity contribution in [3.05, 3.63) is 92.3 Å². The fraction of sp³-hybridized carbons (Fsp3) is 0.444. The molecular weight excluding hydrogens is 636 g/mol. The zero-order chi connectivity index (χ0) is 32.5. The van der Waals surface area contributed by atoms with Gasteiger partial charge in [0.25, 0.3) is 0 Å². The highest BCUT2D eigenvalue weighted by atomic mass is 32.2. The van der Waals surface area contributed by atoms with Gasteiger partial charge in [0.15, 0.2) is 0 Å². The van der Waals surface area contributed by atoms with Gasteiger partial charge >= 0.3 is 4.87 Å². The second kappa shape index (κ2) is 13.7. The number of likely N-dealkylation sites (tertiary alicyclic amines) is 2. The second-order valence-corrected chi connectivity index (χ2v) is 15.5. The van der Waals surface area contributed by atoms with Crippen molar-refractivity contribution in [3.63, 3.8) is 0 Å². The van der Waals surface area contributed by atoms with Gasteiger partial charge in [-0.1, -0.05) is 53.8 Å². The van der Waals surface area contributed by atoms with E-state index in [0.717, 1.165) is 69.6 Å². The molecule has 3 aliphatic rings. The van der Waals surface area contributed by atoms with Gasteiger partial charge in [0.1, 0.15) is 17.1 Å². The lowest BCUT2D eigenvalue weighted by molar-refractivity contribution is -0.135. The summed E-state index contributed by atoms with van der Waals surface area (Å²) in [6, 6.07) is 17.1. The first-order valence-electron chi connectivity index (χ1n) is 16.5. The quantitative estimate of drug-likeness (QED) is 0.180. The van der Waals surface area contributed by atoms with E-state index >= 15 is 4.39 Å². The molecule has 248 valence electrons. The second-order valence-electron chi connectivity index (χ2n) is 13.3. The number of aliphatic hydroxyl groups excluding tert-OH is 1. The number of aromatic amines is 1. The molecule has 11 heteroatoms. The molecule has 47 heavy (non-hydrogen) atoms. The van der Waals surface area contributed by atoms with Gasteiger partial charge in [-0.25, -0.2) is 4.39 Å². The molecule has 4 aromatic rings. The topological polar surface area (TPSA) is 109 Å². The number of amides is 1. The molecule has 2 atom stereocenters. The lowest BCUT2D eigenvalue weighted by atomic mass is 9.72. The lowest BCUT2D eigenvalue weighted by Crippen LogP contribution is -2.52. The Bertz CT molecular complexity index is 1790. The number of nitrogens with zero attached hydrogens (tertiary/aromatic N) is 2. The van der Waals surface area contributed by atoms with Crippen molar-refractivity contribution >= 4 is 39.2 Å². The molecule has 2 fully saturated rings. The first-order chi connectivity index (χ1) is 22.8. The van der Waals surface area contributed by atoms with Gasteiger partial charge in [0.05, 0.1) is 16.1 Å². The van der Waals surface area contributed by atoms with E-state index in [4.69, 9.17) is 0 Å². The van der Waals surface area contributed by atoms with Gasteiger partial charge < -0.3 is 25.4 Å². The van der Waals surface area contributed by atoms with E-state index in [0.29, 0.717) is 46.4 Å². The van der Waals surface area contributed by atoms with E-state index in [-0.39, 0.29) is 39.6 Å². The number of carbonyl (C=O) groups excluding carboxylic acids is 1. The zero-order valence-electron chi connectivity index (χ0n) is 26.3. The Morgan fingerprint density at radius 1 is 1.06 bits per heavy atom. The predicted molar refractivity (Wildman–Crippen MR) is 185 cm³/mol. The molecule has 1 aromatic heterocycles. The number of hydrogen-bond donors (Lipinski definition) is 4. The summed E-state index contributed by atoms with van der Waals surface area (Å²) in [6.07, 6.45) is 4.66. The number of rotatable bonds is 9. The first kappa shape index (κ1) is 32.3. The number of phenolic OH excluding ortho intramolecular Hbond substituents is 1. The van der Waals surface area contributed by atoms with Crippen LogP contribution < -0.4 is 10.2 Å². The maximum absolute atomic E-state index is 15.6. The predicted octanol–water partition coefficient (Wildman–Crippen LogP) is 5.22. The number of hydrogen-bond acceptors (Lipinski definition) is 8. The third kappa shape index (κ3) is 6.87. The van der Waals surface area contributed by atoms with E-state index in [1.54, 1.807) is 17.8 Å². The third-order valence-electron chi connectivity index (χ3n) is 10.2. The molecule has 0 bridgehead atoms. The summed E-state index contributed by atoms with van der Waals surface area (Å²) in [7, 11) is 0. The van der Waals surface area contributed by atoms with Crippen molar-refractivity contribution < 1.29 is 19.4 Å². The monoisotopic (exact) mass is 676 g/mol. The van der Waals surface area contributed by atoms with Crippen LogP contribution in [0.25, 0.3) is 10.2 Å². The fourth-order valence-electron chi connectivity index (χ4n) is 7.58. The number of nitrogens with one attached hydrogen (secondary N) is 2. The summed E-state index contributed by atoms with van der Waals surface area (Å²) in [6.45, 7) is 4.76. The standard InChI is InChI=1S/C36H41FN4O4S2/c37-31-23(11-15-38-20-28(43)26-9-10-27(42)32-33(26)47-35(45)39-32)6-3-7-25(31)21-40-17-13-36(14-18-40)12-4-16-41(22-36)34(44)30-19-24-5-1-2-8-29(24)46-30/h1-3,5-10,28,30,38,42-43H,4,11-22H2,(H,39,45)/t28-,30?/m0/s1. The number of carbonyl (C=O) groups is 1. The number of thioether (sulfide) groups is 1. The number of aromatic hydroxyl groups is 1. The minimum atomic E-state index is -0.878. The molecule has 7 rings (SSSR count). The van der Waals surface area contributed by atoms with Crippen molar-refractivity contribution in [2.45, 2.75) is 61.3 Å². The van der Waals surface area contributed by atoms with Gasteiger partial charge in [-0.05, 0) is 86.8 Å². The molecule has 8 nitrogen and oxygen atoms in total. The molecular formula is C36H41FN4O4S2. The van der Waals surface area contributed by atoms with Crippen LogP contribution in [0.3, 0.4) is 0 Å². The van der Waals surface area contributed by atoms with Crippen molar-refractivity contribution in [2.24, 2.45) is 5.41 Å². The van der Waals surface area contributed by atoms with E-state index in [2.05, 4.69) is 38.3 Å². The molecule has 3 aromatic carbocycles. The summed E-state index contributed by atoms with van der Waals surface area (Å²) in [5.41, 5.74) is 3.68. The highest BCUT2D eigenvalue weighted by Crippen LogP contribution is 2.43. The molecule has 0 saturated carbocycles. The Kier molecular flexibility index (Phi) is 9.44. The Hall–Kier alpha value is -3.22. The average molecular weight is 677 g/mol. The number of halogens is 1. The van der Waals surface area contributed by atoms with E-state index in [1.807, 2.05) is 24.3 Å². The van der Waals surface area contributed by atoms with E-state index in [9.17, 15) is 19.8 Å². The van der Waals surface area contributed by atoms with Crippen molar-refractivity contribution in [2.75, 3.05) is 39.3 Å². The SMILES string of the molecule is O=C(C1Cc2ccccc2S1)N1CCCC2(CCN(Cc3cccc(CCNC[C@H](O)c4ccc(O)c5[nH]c(=O)sc45)c3F)CC2)C1. The fourth-order valence-corrected chi connectivity index (χ4v) is 9.77. The Morgan fingerprint density at radius 3 is 2.70 bits per heavy atom. The van der Waals surface area contributed by atoms with Crippen molar-refractivity contribution in [3.8, 4) is 5.75 Å². The summed E-state index contributed by atoms with van der Waals surface area (Å²) in [4.78, 5) is 33.4. The number of fused-ring (bicyclic) bond motifs is 2. The number of thiazole rings is 1. The smallest absolute Gasteiger partial charge is 0.305 e. The van der Waals surface area contributed by atoms with Crippen molar-refractivity contribution in [1.29, 1.82) is 0 Å². The minimum Gasteiger partial charge on any atom is -0.506 e. The van der Waals surface area contributed by atoms with E-state index < -0.39 is 6.10 Å².